The number of ether oxygens (including phenoxy) is 1. The number of aromatic nitrogens is 2. The summed E-state index contributed by atoms with van der Waals surface area (Å²) in [6.07, 6.45) is 4.85. The Morgan fingerprint density at radius 3 is 2.52 bits per heavy atom. The van der Waals surface area contributed by atoms with Crippen LogP contribution in [0.4, 0.5) is 6.01 Å². The van der Waals surface area contributed by atoms with Crippen LogP contribution < -0.4 is 4.90 Å². The number of benzene rings is 1. The van der Waals surface area contributed by atoms with Crippen molar-refractivity contribution in [2.24, 2.45) is 0 Å². The molecule has 4 rings (SSSR count). The molecule has 3 heterocycles. The highest BCUT2D eigenvalue weighted by Gasteiger charge is 2.43. The normalized spacial score (nSPS) is 28.0. The Hall–Kier alpha value is -1.88. The number of piperidine rings is 1. The molecule has 0 spiro atoms. The maximum atomic E-state index is 5.54. The zero-order chi connectivity index (χ0) is 14.2. The van der Waals surface area contributed by atoms with Crippen molar-refractivity contribution < 1.29 is 9.26 Å². The van der Waals surface area contributed by atoms with Crippen LogP contribution >= 0.6 is 0 Å². The van der Waals surface area contributed by atoms with Crippen LogP contribution in [-0.2, 0) is 4.74 Å². The van der Waals surface area contributed by atoms with Crippen LogP contribution in [0.5, 0.6) is 0 Å². The topological polar surface area (TPSA) is 51.4 Å². The van der Waals surface area contributed by atoms with Crippen LogP contribution in [0.2, 0.25) is 0 Å². The van der Waals surface area contributed by atoms with Crippen molar-refractivity contribution in [1.82, 2.24) is 10.1 Å². The molecule has 5 nitrogen and oxygen atoms in total. The van der Waals surface area contributed by atoms with E-state index in [-0.39, 0.29) is 0 Å². The highest BCUT2D eigenvalue weighted by molar-refractivity contribution is 5.55. The summed E-state index contributed by atoms with van der Waals surface area (Å²) in [5, 5.41) is 4.14. The van der Waals surface area contributed by atoms with Gasteiger partial charge in [0.1, 0.15) is 0 Å². The summed E-state index contributed by atoms with van der Waals surface area (Å²) >= 11 is 0. The Morgan fingerprint density at radius 2 is 1.86 bits per heavy atom. The van der Waals surface area contributed by atoms with Gasteiger partial charge in [-0.3, -0.25) is 0 Å². The largest absolute Gasteiger partial charge is 0.381 e. The minimum atomic E-state index is 0.371. The van der Waals surface area contributed by atoms with E-state index in [1.807, 2.05) is 30.3 Å². The van der Waals surface area contributed by atoms with Gasteiger partial charge in [-0.15, -0.1) is 0 Å². The van der Waals surface area contributed by atoms with Crippen LogP contribution in [0.3, 0.4) is 0 Å². The predicted octanol–water partition coefficient (Wildman–Crippen LogP) is 2.88. The fourth-order valence-corrected chi connectivity index (χ4v) is 3.66. The molecule has 5 heteroatoms. The number of hydrogen-bond donors (Lipinski definition) is 0. The summed E-state index contributed by atoms with van der Waals surface area (Å²) in [5.41, 5.74) is 0.992. The Kier molecular flexibility index (Phi) is 3.15. The molecular weight excluding hydrogens is 266 g/mol. The van der Waals surface area contributed by atoms with Crippen LogP contribution in [0.1, 0.15) is 25.7 Å². The average molecular weight is 285 g/mol. The van der Waals surface area contributed by atoms with Gasteiger partial charge in [-0.05, 0) is 25.7 Å². The molecule has 2 saturated heterocycles. The lowest BCUT2D eigenvalue weighted by atomic mass is 10.0. The van der Waals surface area contributed by atoms with E-state index in [0.29, 0.717) is 30.0 Å². The number of fused-ring (bicyclic) bond motifs is 2. The van der Waals surface area contributed by atoms with E-state index < -0.39 is 0 Å². The van der Waals surface area contributed by atoms with E-state index in [1.165, 1.54) is 12.8 Å². The molecule has 110 valence electrons. The SMILES string of the molecule is COC1C[C@H]2CC[C@@H](C1)N2c1nc(-c2ccccc2)no1. The minimum absolute atomic E-state index is 0.371. The smallest absolute Gasteiger partial charge is 0.324 e. The first-order valence-electron chi connectivity index (χ1n) is 7.55. The van der Waals surface area contributed by atoms with E-state index in [4.69, 9.17) is 9.26 Å². The molecule has 2 bridgehead atoms. The summed E-state index contributed by atoms with van der Waals surface area (Å²) in [7, 11) is 1.81. The van der Waals surface area contributed by atoms with Crippen molar-refractivity contribution in [1.29, 1.82) is 0 Å². The van der Waals surface area contributed by atoms with Crippen LogP contribution in [0, 0.1) is 0 Å². The van der Waals surface area contributed by atoms with Gasteiger partial charge < -0.3 is 14.2 Å². The first-order chi connectivity index (χ1) is 10.3. The molecule has 0 N–H and O–H groups in total. The zero-order valence-electron chi connectivity index (χ0n) is 12.1. The van der Waals surface area contributed by atoms with Crippen LogP contribution in [0.25, 0.3) is 11.4 Å². The molecule has 1 unspecified atom stereocenters. The third-order valence-electron chi connectivity index (χ3n) is 4.69. The lowest BCUT2D eigenvalue weighted by molar-refractivity contribution is 0.0668. The molecule has 0 amide bonds. The average Bonchev–Trinajstić information content (AvgIpc) is 3.10. The van der Waals surface area contributed by atoms with Crippen LogP contribution in [-0.4, -0.2) is 35.4 Å². The molecule has 0 aliphatic carbocycles. The molecular formula is C16H19N3O2. The zero-order valence-corrected chi connectivity index (χ0v) is 12.1. The molecule has 2 fully saturated rings. The van der Waals surface area contributed by atoms with Gasteiger partial charge in [0, 0.05) is 24.8 Å². The van der Waals surface area contributed by atoms with E-state index in [2.05, 4.69) is 15.0 Å². The van der Waals surface area contributed by atoms with Gasteiger partial charge in [-0.1, -0.05) is 35.5 Å². The third-order valence-corrected chi connectivity index (χ3v) is 4.69. The quantitative estimate of drug-likeness (QED) is 0.868. The first-order valence-corrected chi connectivity index (χ1v) is 7.55. The Labute approximate surface area is 123 Å². The highest BCUT2D eigenvalue weighted by atomic mass is 16.5. The maximum Gasteiger partial charge on any atom is 0.324 e. The highest BCUT2D eigenvalue weighted by Crippen LogP contribution is 2.39. The van der Waals surface area contributed by atoms with E-state index in [1.54, 1.807) is 7.11 Å². The van der Waals surface area contributed by atoms with Crippen molar-refractivity contribution in [3.63, 3.8) is 0 Å². The summed E-state index contributed by atoms with van der Waals surface area (Å²) in [6.45, 7) is 0. The second kappa shape index (κ2) is 5.15. The van der Waals surface area contributed by atoms with Crippen LogP contribution in [0.15, 0.2) is 34.9 Å². The fourth-order valence-electron chi connectivity index (χ4n) is 3.66. The maximum absolute atomic E-state index is 5.54. The molecule has 21 heavy (non-hydrogen) atoms. The Balaban J connectivity index is 1.59. The molecule has 2 aliphatic rings. The van der Waals surface area contributed by atoms with Gasteiger partial charge in [0.25, 0.3) is 0 Å². The second-order valence-corrected chi connectivity index (χ2v) is 5.89. The van der Waals surface area contributed by atoms with Gasteiger partial charge in [-0.25, -0.2) is 0 Å². The Bertz CT molecular complexity index is 599. The van der Waals surface area contributed by atoms with Gasteiger partial charge in [0.05, 0.1) is 6.10 Å². The van der Waals surface area contributed by atoms with Crippen molar-refractivity contribution >= 4 is 6.01 Å². The van der Waals surface area contributed by atoms with Gasteiger partial charge in [0.15, 0.2) is 0 Å². The summed E-state index contributed by atoms with van der Waals surface area (Å²) in [6, 6.07) is 11.6. The monoisotopic (exact) mass is 285 g/mol. The van der Waals surface area contributed by atoms with E-state index >= 15 is 0 Å². The van der Waals surface area contributed by atoms with Crippen molar-refractivity contribution in [2.75, 3.05) is 12.0 Å². The molecule has 0 radical (unpaired) electrons. The number of anilines is 1. The van der Waals surface area contributed by atoms with Crippen molar-refractivity contribution in [3.05, 3.63) is 30.3 Å². The number of hydrogen-bond acceptors (Lipinski definition) is 5. The number of methoxy groups -OCH3 is 1. The third kappa shape index (κ3) is 2.21. The summed E-state index contributed by atoms with van der Waals surface area (Å²) < 4.78 is 11.1. The standard InChI is InChI=1S/C16H19N3O2/c1-20-14-9-12-7-8-13(10-14)19(12)16-17-15(18-21-16)11-5-3-2-4-6-11/h2-6,12-14H,7-10H2,1H3/t12-,13+,14?. The molecule has 0 saturated carbocycles. The molecule has 2 aliphatic heterocycles. The number of rotatable bonds is 3. The second-order valence-electron chi connectivity index (χ2n) is 5.89. The lowest BCUT2D eigenvalue weighted by Gasteiger charge is -2.36. The van der Waals surface area contributed by atoms with E-state index in [0.717, 1.165) is 18.4 Å². The molecule has 2 aromatic rings. The molecule has 3 atom stereocenters. The predicted molar refractivity (Wildman–Crippen MR) is 79.1 cm³/mol. The summed E-state index contributed by atoms with van der Waals surface area (Å²) in [4.78, 5) is 6.92. The number of nitrogens with zero attached hydrogens (tertiary/aromatic N) is 3. The van der Waals surface area contributed by atoms with Crippen molar-refractivity contribution in [2.45, 2.75) is 43.9 Å². The van der Waals surface area contributed by atoms with Gasteiger partial charge in [0.2, 0.25) is 5.82 Å². The Morgan fingerprint density at radius 1 is 1.14 bits per heavy atom. The minimum Gasteiger partial charge on any atom is -0.381 e. The molecule has 1 aromatic heterocycles. The van der Waals surface area contributed by atoms with Crippen molar-refractivity contribution in [3.8, 4) is 11.4 Å². The lowest BCUT2D eigenvalue weighted by Crippen LogP contribution is -2.45. The van der Waals surface area contributed by atoms with Gasteiger partial charge in [-0.2, -0.15) is 4.98 Å². The van der Waals surface area contributed by atoms with E-state index in [9.17, 15) is 0 Å². The van der Waals surface area contributed by atoms with Gasteiger partial charge >= 0.3 is 6.01 Å². The fraction of sp³-hybridized carbons (Fsp3) is 0.500. The summed E-state index contributed by atoms with van der Waals surface area (Å²) in [5.74, 6) is 0.666. The molecule has 1 aromatic carbocycles. The first kappa shape index (κ1) is 12.8.